The lowest BCUT2D eigenvalue weighted by molar-refractivity contribution is -0.119. The van der Waals surface area contributed by atoms with Gasteiger partial charge in [0.2, 0.25) is 5.91 Å². The van der Waals surface area contributed by atoms with Crippen LogP contribution in [0.1, 0.15) is 32.2 Å². The first-order valence-electron chi connectivity index (χ1n) is 11.1. The van der Waals surface area contributed by atoms with Gasteiger partial charge >= 0.3 is 0 Å². The van der Waals surface area contributed by atoms with Crippen molar-refractivity contribution in [2.45, 2.75) is 38.3 Å². The molecule has 0 bridgehead atoms. The van der Waals surface area contributed by atoms with Crippen molar-refractivity contribution < 1.29 is 9.53 Å². The average Bonchev–Trinajstić information content (AvgIpc) is 3.47. The van der Waals surface area contributed by atoms with Gasteiger partial charge in [0.1, 0.15) is 11.9 Å². The molecule has 2 aromatic heterocycles. The Balaban J connectivity index is 1.44. The second kappa shape index (κ2) is 8.00. The van der Waals surface area contributed by atoms with Crippen LogP contribution in [-0.4, -0.2) is 63.2 Å². The third-order valence-corrected chi connectivity index (χ3v) is 6.68. The number of amides is 1. The Morgan fingerprint density at radius 1 is 1.16 bits per heavy atom. The lowest BCUT2D eigenvalue weighted by Crippen LogP contribution is -2.31. The number of hydrogen-bond donors (Lipinski definition) is 1. The Bertz CT molecular complexity index is 1090. The lowest BCUT2D eigenvalue weighted by atomic mass is 10.0. The van der Waals surface area contributed by atoms with Gasteiger partial charge in [-0.2, -0.15) is 10.2 Å². The van der Waals surface area contributed by atoms with Gasteiger partial charge in [-0.25, -0.2) is 0 Å². The van der Waals surface area contributed by atoms with E-state index in [9.17, 15) is 4.79 Å². The fourth-order valence-corrected chi connectivity index (χ4v) is 4.68. The smallest absolute Gasteiger partial charge is 0.220 e. The summed E-state index contributed by atoms with van der Waals surface area (Å²) in [7, 11) is 4.09. The summed E-state index contributed by atoms with van der Waals surface area (Å²) in [6, 6.07) is 4.64. The van der Waals surface area contributed by atoms with Gasteiger partial charge < -0.3 is 15.0 Å². The zero-order valence-electron chi connectivity index (χ0n) is 18.4. The fraction of sp³-hybridized carbons (Fsp3) is 0.522. The average molecular weight is 423 g/mol. The van der Waals surface area contributed by atoms with E-state index in [-0.39, 0.29) is 17.9 Å². The first-order valence-corrected chi connectivity index (χ1v) is 11.1. The van der Waals surface area contributed by atoms with Crippen molar-refractivity contribution in [3.8, 4) is 16.9 Å². The van der Waals surface area contributed by atoms with Crippen LogP contribution in [0.15, 0.2) is 30.7 Å². The van der Waals surface area contributed by atoms with Crippen molar-refractivity contribution in [1.82, 2.24) is 29.8 Å². The molecule has 8 heteroatoms. The van der Waals surface area contributed by atoms with Crippen molar-refractivity contribution in [2.24, 2.45) is 13.0 Å². The van der Waals surface area contributed by atoms with Gasteiger partial charge in [-0.3, -0.25) is 14.2 Å². The molecule has 2 aliphatic heterocycles. The molecular formula is C23H30N6O2. The Morgan fingerprint density at radius 2 is 1.97 bits per heavy atom. The Morgan fingerprint density at radius 3 is 2.71 bits per heavy atom. The highest BCUT2D eigenvalue weighted by molar-refractivity contribution is 5.89. The maximum atomic E-state index is 11.6. The molecule has 0 spiro atoms. The maximum absolute atomic E-state index is 11.6. The normalized spacial score (nSPS) is 21.5. The maximum Gasteiger partial charge on any atom is 0.220 e. The molecule has 2 fully saturated rings. The number of carbonyl (C=O) groups excluding carboxylic acids is 1. The molecule has 3 aromatic rings. The number of aromatic nitrogens is 4. The summed E-state index contributed by atoms with van der Waals surface area (Å²) in [6.45, 7) is 4.92. The summed E-state index contributed by atoms with van der Waals surface area (Å²) < 4.78 is 10.3. The number of likely N-dealkylation sites (tertiary alicyclic amines) is 1. The Kier molecular flexibility index (Phi) is 5.17. The van der Waals surface area contributed by atoms with Crippen molar-refractivity contribution in [3.05, 3.63) is 30.7 Å². The van der Waals surface area contributed by atoms with E-state index in [4.69, 9.17) is 4.74 Å². The highest BCUT2D eigenvalue weighted by Gasteiger charge is 2.28. The number of aryl methyl sites for hydroxylation is 1. The zero-order valence-corrected chi connectivity index (χ0v) is 18.4. The van der Waals surface area contributed by atoms with Crippen LogP contribution >= 0.6 is 0 Å². The minimum atomic E-state index is -0.0699. The summed E-state index contributed by atoms with van der Waals surface area (Å²) in [5, 5.41) is 13.2. The summed E-state index contributed by atoms with van der Waals surface area (Å²) >= 11 is 0. The molecule has 0 aliphatic carbocycles. The van der Waals surface area contributed by atoms with Gasteiger partial charge in [0.15, 0.2) is 0 Å². The second-order valence-corrected chi connectivity index (χ2v) is 9.04. The first-order chi connectivity index (χ1) is 15.0. The topological polar surface area (TPSA) is 77.2 Å². The van der Waals surface area contributed by atoms with Crippen LogP contribution in [-0.2, 0) is 11.8 Å². The first kappa shape index (κ1) is 20.1. The van der Waals surface area contributed by atoms with E-state index in [0.29, 0.717) is 19.0 Å². The third kappa shape index (κ3) is 4.04. The van der Waals surface area contributed by atoms with E-state index < -0.39 is 0 Å². The van der Waals surface area contributed by atoms with Crippen molar-refractivity contribution >= 4 is 16.8 Å². The van der Waals surface area contributed by atoms with Gasteiger partial charge in [0.25, 0.3) is 0 Å². The van der Waals surface area contributed by atoms with Crippen molar-refractivity contribution in [3.63, 3.8) is 0 Å². The van der Waals surface area contributed by atoms with Crippen LogP contribution in [0.3, 0.4) is 0 Å². The molecule has 31 heavy (non-hydrogen) atoms. The predicted octanol–water partition coefficient (Wildman–Crippen LogP) is 2.61. The third-order valence-electron chi connectivity index (χ3n) is 6.68. The molecule has 1 amide bonds. The fourth-order valence-electron chi connectivity index (χ4n) is 4.68. The number of fused-ring (bicyclic) bond motifs is 1. The van der Waals surface area contributed by atoms with E-state index in [1.165, 1.54) is 0 Å². The SMILES string of the molecule is C[C@@H](Oc1cc(-c2cnn(C3CCN(C)CC3)c2)cc2nn(C)cc12)C1CNC(=O)C1. The number of benzene rings is 1. The largest absolute Gasteiger partial charge is 0.490 e. The number of nitrogens with one attached hydrogen (secondary N) is 1. The molecule has 164 valence electrons. The number of ether oxygens (including phenoxy) is 1. The summed E-state index contributed by atoms with van der Waals surface area (Å²) in [6.07, 6.45) is 8.76. The van der Waals surface area contributed by atoms with Crippen LogP contribution in [0.25, 0.3) is 22.0 Å². The summed E-state index contributed by atoms with van der Waals surface area (Å²) in [5.74, 6) is 1.08. The van der Waals surface area contributed by atoms with Gasteiger partial charge in [-0.1, -0.05) is 0 Å². The van der Waals surface area contributed by atoms with E-state index >= 15 is 0 Å². The molecule has 1 aromatic carbocycles. The van der Waals surface area contributed by atoms with Crippen LogP contribution in [0.2, 0.25) is 0 Å². The highest BCUT2D eigenvalue weighted by atomic mass is 16.5. The predicted molar refractivity (Wildman–Crippen MR) is 119 cm³/mol. The quantitative estimate of drug-likeness (QED) is 0.684. The molecule has 1 unspecified atom stereocenters. The molecule has 0 radical (unpaired) electrons. The molecule has 4 heterocycles. The molecule has 0 saturated carbocycles. The van der Waals surface area contributed by atoms with E-state index in [0.717, 1.165) is 53.7 Å². The lowest BCUT2D eigenvalue weighted by Gasteiger charge is -2.28. The summed E-state index contributed by atoms with van der Waals surface area (Å²) in [4.78, 5) is 14.0. The van der Waals surface area contributed by atoms with Crippen molar-refractivity contribution in [1.29, 1.82) is 0 Å². The molecule has 5 rings (SSSR count). The molecule has 2 saturated heterocycles. The minimum Gasteiger partial charge on any atom is -0.490 e. The standard InChI is InChI=1S/C23H30N6O2/c1-15(17-10-23(30)24-11-17)31-22-9-16(8-21-20(22)14-28(3)26-21)18-12-25-29(13-18)19-4-6-27(2)7-5-19/h8-9,12-15,17,19H,4-7,10-11H2,1-3H3,(H,24,30)/t15-,17?/m1/s1. The molecule has 2 atom stereocenters. The second-order valence-electron chi connectivity index (χ2n) is 9.04. The Hall–Kier alpha value is -2.87. The number of carbonyl (C=O) groups is 1. The van der Waals surface area contributed by atoms with Crippen LogP contribution in [0.4, 0.5) is 0 Å². The van der Waals surface area contributed by atoms with Gasteiger partial charge in [0.05, 0.1) is 23.1 Å². The van der Waals surface area contributed by atoms with Crippen molar-refractivity contribution in [2.75, 3.05) is 26.7 Å². The van der Waals surface area contributed by atoms with Gasteiger partial charge in [-0.15, -0.1) is 0 Å². The van der Waals surface area contributed by atoms with Crippen LogP contribution in [0, 0.1) is 5.92 Å². The molecule has 8 nitrogen and oxygen atoms in total. The zero-order chi connectivity index (χ0) is 21.5. The number of rotatable bonds is 5. The van der Waals surface area contributed by atoms with E-state index in [1.807, 2.05) is 31.0 Å². The molecule has 2 aliphatic rings. The van der Waals surface area contributed by atoms with Gasteiger partial charge in [-0.05, 0) is 57.6 Å². The molecular weight excluding hydrogens is 392 g/mol. The molecule has 1 N–H and O–H groups in total. The van der Waals surface area contributed by atoms with E-state index in [2.05, 4.69) is 50.5 Å². The summed E-state index contributed by atoms with van der Waals surface area (Å²) in [5.41, 5.74) is 3.02. The number of hydrogen-bond acceptors (Lipinski definition) is 5. The Labute approximate surface area is 182 Å². The number of nitrogens with zero attached hydrogens (tertiary/aromatic N) is 5. The monoisotopic (exact) mass is 422 g/mol. The van der Waals surface area contributed by atoms with E-state index in [1.54, 1.807) is 0 Å². The van der Waals surface area contributed by atoms with Gasteiger partial charge in [0, 0.05) is 43.9 Å². The highest BCUT2D eigenvalue weighted by Crippen LogP contribution is 2.34. The minimum absolute atomic E-state index is 0.0699. The van der Waals surface area contributed by atoms with Crippen LogP contribution in [0.5, 0.6) is 5.75 Å². The van der Waals surface area contributed by atoms with Crippen LogP contribution < -0.4 is 10.1 Å². The number of piperidine rings is 1.